The second-order valence-electron chi connectivity index (χ2n) is 8.33. The van der Waals surface area contributed by atoms with Crippen LogP contribution in [0, 0.1) is 11.7 Å². The number of likely N-dealkylation sites (tertiary alicyclic amines) is 1. The number of nitrogens with one attached hydrogen (secondary N) is 1. The van der Waals surface area contributed by atoms with Crippen molar-refractivity contribution in [2.75, 3.05) is 13.2 Å². The van der Waals surface area contributed by atoms with Crippen LogP contribution >= 0.6 is 0 Å². The van der Waals surface area contributed by atoms with E-state index in [2.05, 4.69) is 12.1 Å². The zero-order chi connectivity index (χ0) is 19.6. The van der Waals surface area contributed by atoms with E-state index < -0.39 is 5.60 Å². The summed E-state index contributed by atoms with van der Waals surface area (Å²) < 4.78 is 20.4. The molecule has 4 rings (SSSR count). The van der Waals surface area contributed by atoms with Crippen molar-refractivity contribution in [3.8, 4) is 5.75 Å². The van der Waals surface area contributed by atoms with Crippen molar-refractivity contribution in [2.24, 2.45) is 5.92 Å². The maximum Gasteiger partial charge on any atom is 0.132 e. The molecule has 4 heteroatoms. The van der Waals surface area contributed by atoms with Crippen molar-refractivity contribution in [1.82, 2.24) is 0 Å². The Kier molecular flexibility index (Phi) is 5.70. The molecule has 1 heterocycles. The minimum Gasteiger partial charge on any atom is -0.493 e. The van der Waals surface area contributed by atoms with E-state index >= 15 is 0 Å². The third kappa shape index (κ3) is 3.68. The molecule has 1 aliphatic heterocycles. The van der Waals surface area contributed by atoms with Crippen LogP contribution in [-0.2, 0) is 6.54 Å². The maximum atomic E-state index is 14.4. The van der Waals surface area contributed by atoms with Gasteiger partial charge in [-0.1, -0.05) is 43.2 Å². The van der Waals surface area contributed by atoms with Gasteiger partial charge in [0.1, 0.15) is 24.2 Å². The zero-order valence-electron chi connectivity index (χ0n) is 16.7. The average Bonchev–Trinajstić information content (AvgIpc) is 2.70. The fraction of sp³-hybridized carbons (Fsp3) is 0.500. The smallest absolute Gasteiger partial charge is 0.132 e. The van der Waals surface area contributed by atoms with E-state index in [4.69, 9.17) is 4.74 Å². The molecule has 0 spiro atoms. The van der Waals surface area contributed by atoms with Crippen LogP contribution in [-0.4, -0.2) is 23.9 Å². The summed E-state index contributed by atoms with van der Waals surface area (Å²) in [4.78, 5) is 1.33. The highest BCUT2D eigenvalue weighted by Crippen LogP contribution is 2.45. The molecule has 1 saturated heterocycles. The van der Waals surface area contributed by atoms with Crippen molar-refractivity contribution >= 4 is 0 Å². The molecular weight excluding hydrogens is 353 g/mol. The first-order valence-corrected chi connectivity index (χ1v) is 10.6. The summed E-state index contributed by atoms with van der Waals surface area (Å²) in [6.45, 7) is 4.08. The van der Waals surface area contributed by atoms with E-state index in [1.165, 1.54) is 4.90 Å². The summed E-state index contributed by atoms with van der Waals surface area (Å²) in [7, 11) is 0. The number of aliphatic hydroxyl groups is 1. The first kappa shape index (κ1) is 19.4. The number of benzene rings is 2. The molecule has 3 nitrogen and oxygen atoms in total. The Morgan fingerprint density at radius 1 is 1.11 bits per heavy atom. The Bertz CT molecular complexity index is 811. The van der Waals surface area contributed by atoms with Crippen LogP contribution < -0.4 is 9.64 Å². The molecule has 0 amide bonds. The van der Waals surface area contributed by atoms with Gasteiger partial charge < -0.3 is 14.7 Å². The van der Waals surface area contributed by atoms with Gasteiger partial charge in [-0.3, -0.25) is 0 Å². The minimum absolute atomic E-state index is 0.112. The van der Waals surface area contributed by atoms with Crippen LogP contribution in [0.15, 0.2) is 48.5 Å². The second-order valence-corrected chi connectivity index (χ2v) is 8.33. The number of rotatable bonds is 5. The first-order chi connectivity index (χ1) is 13.6. The molecule has 2 fully saturated rings. The molecule has 0 aromatic heterocycles. The Morgan fingerprint density at radius 3 is 2.71 bits per heavy atom. The lowest BCUT2D eigenvalue weighted by molar-refractivity contribution is -0.958. The van der Waals surface area contributed by atoms with E-state index in [9.17, 15) is 9.50 Å². The van der Waals surface area contributed by atoms with Gasteiger partial charge in [0.15, 0.2) is 0 Å². The summed E-state index contributed by atoms with van der Waals surface area (Å²) in [6.07, 6.45) is 4.91. The highest BCUT2D eigenvalue weighted by Gasteiger charge is 2.52. The molecule has 0 bridgehead atoms. The molecule has 0 radical (unpaired) electrons. The highest BCUT2D eigenvalue weighted by atomic mass is 19.1. The zero-order valence-corrected chi connectivity index (χ0v) is 16.7. The van der Waals surface area contributed by atoms with Gasteiger partial charge in [-0.25, -0.2) is 4.39 Å². The third-order valence-corrected chi connectivity index (χ3v) is 6.72. The lowest BCUT2D eigenvalue weighted by Gasteiger charge is -2.50. The summed E-state index contributed by atoms with van der Waals surface area (Å²) in [5.74, 6) is 0.936. The van der Waals surface area contributed by atoms with E-state index in [0.29, 0.717) is 13.2 Å². The Morgan fingerprint density at radius 2 is 1.89 bits per heavy atom. The Hall–Kier alpha value is -1.91. The number of piperidine rings is 1. The van der Waals surface area contributed by atoms with Crippen molar-refractivity contribution in [2.45, 2.75) is 57.2 Å². The molecule has 1 unspecified atom stereocenters. The first-order valence-electron chi connectivity index (χ1n) is 10.6. The van der Waals surface area contributed by atoms with Gasteiger partial charge in [-0.05, 0) is 38.0 Å². The molecule has 2 aliphatic rings. The van der Waals surface area contributed by atoms with Gasteiger partial charge in [0.2, 0.25) is 0 Å². The van der Waals surface area contributed by atoms with Gasteiger partial charge in [0, 0.05) is 17.9 Å². The van der Waals surface area contributed by atoms with Crippen molar-refractivity contribution in [3.63, 3.8) is 0 Å². The lowest BCUT2D eigenvalue weighted by Crippen LogP contribution is -3.13. The van der Waals surface area contributed by atoms with Gasteiger partial charge in [0.25, 0.3) is 0 Å². The van der Waals surface area contributed by atoms with Crippen LogP contribution in [0.2, 0.25) is 0 Å². The molecule has 1 saturated carbocycles. The molecule has 28 heavy (non-hydrogen) atoms. The second kappa shape index (κ2) is 8.22. The van der Waals surface area contributed by atoms with Crippen LogP contribution in [0.3, 0.4) is 0 Å². The number of para-hydroxylation sites is 1. The molecule has 1 aliphatic carbocycles. The van der Waals surface area contributed by atoms with Gasteiger partial charge in [-0.2, -0.15) is 0 Å². The number of ether oxygens (including phenoxy) is 1. The molecule has 4 atom stereocenters. The number of fused-ring (bicyclic) bond motifs is 1. The summed E-state index contributed by atoms with van der Waals surface area (Å²) in [5, 5.41) is 11.5. The Labute approximate surface area is 167 Å². The maximum absolute atomic E-state index is 14.4. The summed E-state index contributed by atoms with van der Waals surface area (Å²) >= 11 is 0. The standard InChI is InChI=1S/C24H30FNO2/c1-2-28-22-13-6-4-10-19(22)23-20-11-7-8-14-24(20,27)15-16-26(23)17-18-9-3-5-12-21(18)25/h3-6,9-10,12-13,20,23,27H,2,7-8,11,14-17H2,1H3/p+1/t20-,23+,24+/m1/s1. The average molecular weight is 385 g/mol. The third-order valence-electron chi connectivity index (χ3n) is 6.72. The van der Waals surface area contributed by atoms with E-state index in [1.54, 1.807) is 12.1 Å². The lowest BCUT2D eigenvalue weighted by atomic mass is 9.66. The fourth-order valence-corrected chi connectivity index (χ4v) is 5.40. The van der Waals surface area contributed by atoms with E-state index in [1.807, 2.05) is 31.2 Å². The van der Waals surface area contributed by atoms with Crippen molar-refractivity contribution < 1.29 is 19.1 Å². The highest BCUT2D eigenvalue weighted by molar-refractivity contribution is 5.36. The van der Waals surface area contributed by atoms with E-state index in [-0.39, 0.29) is 17.8 Å². The van der Waals surface area contributed by atoms with Crippen LogP contribution in [0.5, 0.6) is 5.75 Å². The van der Waals surface area contributed by atoms with Gasteiger partial charge in [0.05, 0.1) is 24.3 Å². The van der Waals surface area contributed by atoms with Crippen molar-refractivity contribution in [3.05, 3.63) is 65.5 Å². The number of halogens is 1. The van der Waals surface area contributed by atoms with Crippen LogP contribution in [0.25, 0.3) is 0 Å². The van der Waals surface area contributed by atoms with Crippen LogP contribution in [0.1, 0.15) is 56.2 Å². The molecule has 2 aromatic carbocycles. The van der Waals surface area contributed by atoms with E-state index in [0.717, 1.165) is 55.5 Å². The monoisotopic (exact) mass is 384 g/mol. The molecule has 150 valence electrons. The fourth-order valence-electron chi connectivity index (χ4n) is 5.40. The minimum atomic E-state index is -0.610. The SMILES string of the molecule is CCOc1ccccc1[C@H]1[C@H]2CCCC[C@]2(O)CC[NH+]1Cc1ccccc1F. The molecule has 2 N–H and O–H groups in total. The summed E-state index contributed by atoms with van der Waals surface area (Å²) in [5.41, 5.74) is 1.29. The predicted molar refractivity (Wildman–Crippen MR) is 108 cm³/mol. The number of hydrogen-bond acceptors (Lipinski definition) is 2. The Balaban J connectivity index is 1.74. The molecule has 2 aromatic rings. The predicted octanol–water partition coefficient (Wildman–Crippen LogP) is 3.68. The molecular formula is C24H31FNO2+. The van der Waals surface area contributed by atoms with Gasteiger partial charge in [-0.15, -0.1) is 0 Å². The van der Waals surface area contributed by atoms with Crippen molar-refractivity contribution in [1.29, 1.82) is 0 Å². The quantitative estimate of drug-likeness (QED) is 0.825. The van der Waals surface area contributed by atoms with Crippen LogP contribution in [0.4, 0.5) is 4.39 Å². The normalized spacial score (nSPS) is 29.9. The largest absolute Gasteiger partial charge is 0.493 e. The number of hydrogen-bond donors (Lipinski definition) is 2. The van der Waals surface area contributed by atoms with Gasteiger partial charge >= 0.3 is 0 Å². The topological polar surface area (TPSA) is 33.9 Å². The number of quaternary nitrogens is 1. The summed E-state index contributed by atoms with van der Waals surface area (Å²) in [6, 6.07) is 15.4.